The zero-order valence-corrected chi connectivity index (χ0v) is 11.7. The highest BCUT2D eigenvalue weighted by atomic mass is 19.4. The number of ether oxygens (including phenoxy) is 2. The number of hydrogen-bond donors (Lipinski definition) is 1. The summed E-state index contributed by atoms with van der Waals surface area (Å²) < 4.78 is 69.3. The van der Waals surface area contributed by atoms with Crippen LogP contribution < -0.4 is 9.47 Å². The van der Waals surface area contributed by atoms with Crippen LogP contribution in [-0.2, 0) is 0 Å². The largest absolute Gasteiger partial charge is 0.573 e. The maximum Gasteiger partial charge on any atom is 0.573 e. The zero-order valence-electron chi connectivity index (χ0n) is 11.7. The highest BCUT2D eigenvalue weighted by Crippen LogP contribution is 2.31. The van der Waals surface area contributed by atoms with Gasteiger partial charge in [0.2, 0.25) is 0 Å². The van der Waals surface area contributed by atoms with Gasteiger partial charge in [-0.25, -0.2) is 4.79 Å². The Balaban J connectivity index is 2.45. The van der Waals surface area contributed by atoms with E-state index in [4.69, 9.17) is 5.11 Å². The van der Waals surface area contributed by atoms with Gasteiger partial charge < -0.3 is 14.6 Å². The second-order valence-corrected chi connectivity index (χ2v) is 4.51. The maximum absolute atomic E-state index is 12.3. The van der Waals surface area contributed by atoms with E-state index in [0.29, 0.717) is 0 Å². The lowest BCUT2D eigenvalue weighted by molar-refractivity contribution is -0.274. The number of aromatic carboxylic acids is 1. The molecule has 0 radical (unpaired) electrons. The van der Waals surface area contributed by atoms with Gasteiger partial charge in [-0.1, -0.05) is 12.1 Å². The minimum atomic E-state index is -4.90. The van der Waals surface area contributed by atoms with Crippen LogP contribution in [0.3, 0.4) is 0 Å². The quantitative estimate of drug-likeness (QED) is 0.806. The Kier molecular flexibility index (Phi) is 4.91. The van der Waals surface area contributed by atoms with Crippen molar-refractivity contribution in [1.82, 2.24) is 0 Å². The van der Waals surface area contributed by atoms with E-state index < -0.39 is 30.4 Å². The first-order valence-corrected chi connectivity index (χ1v) is 6.33. The highest BCUT2D eigenvalue weighted by molar-refractivity contribution is 5.90. The predicted octanol–water partition coefficient (Wildman–Crippen LogP) is 4.55. The molecule has 0 fully saturated rings. The van der Waals surface area contributed by atoms with E-state index in [1.54, 1.807) is 0 Å². The van der Waals surface area contributed by atoms with Gasteiger partial charge in [0.15, 0.2) is 0 Å². The van der Waals surface area contributed by atoms with E-state index in [-0.39, 0.29) is 16.7 Å². The Morgan fingerprint density at radius 1 is 1.00 bits per heavy atom. The van der Waals surface area contributed by atoms with E-state index in [0.717, 1.165) is 30.3 Å². The Labute approximate surface area is 132 Å². The molecular weight excluding hydrogens is 339 g/mol. The molecule has 0 spiro atoms. The first-order valence-electron chi connectivity index (χ1n) is 6.33. The van der Waals surface area contributed by atoms with Gasteiger partial charge in [-0.05, 0) is 41.5 Å². The summed E-state index contributed by atoms with van der Waals surface area (Å²) in [6.45, 7) is -3.18. The molecule has 2 aromatic rings. The van der Waals surface area contributed by atoms with Crippen molar-refractivity contribution in [3.8, 4) is 22.6 Å². The lowest BCUT2D eigenvalue weighted by atomic mass is 10.0. The van der Waals surface area contributed by atoms with Gasteiger partial charge in [0.05, 0.1) is 5.56 Å². The number of alkyl halides is 5. The summed E-state index contributed by atoms with van der Waals surface area (Å²) in [7, 11) is 0. The molecule has 24 heavy (non-hydrogen) atoms. The number of carboxylic acid groups (broad SMARTS) is 1. The van der Waals surface area contributed by atoms with Gasteiger partial charge >= 0.3 is 18.9 Å². The van der Waals surface area contributed by atoms with Crippen LogP contribution in [0.25, 0.3) is 11.1 Å². The summed E-state index contributed by atoms with van der Waals surface area (Å²) in [5, 5.41) is 9.01. The summed E-state index contributed by atoms with van der Waals surface area (Å²) in [5.41, 5.74) is -0.137. The number of benzene rings is 2. The minimum absolute atomic E-state index is 0.0816. The van der Waals surface area contributed by atoms with Crippen molar-refractivity contribution < 1.29 is 41.3 Å². The molecule has 0 unspecified atom stereocenters. The summed E-state index contributed by atoms with van der Waals surface area (Å²) in [6, 6.07) is 7.76. The van der Waals surface area contributed by atoms with Crippen LogP contribution in [0.1, 0.15) is 10.4 Å². The van der Waals surface area contributed by atoms with E-state index in [1.165, 1.54) is 12.1 Å². The highest BCUT2D eigenvalue weighted by Gasteiger charge is 2.31. The van der Waals surface area contributed by atoms with Crippen LogP contribution in [0.5, 0.6) is 11.5 Å². The molecule has 2 rings (SSSR count). The van der Waals surface area contributed by atoms with E-state index in [9.17, 15) is 26.7 Å². The van der Waals surface area contributed by atoms with Crippen LogP contribution in [0.2, 0.25) is 0 Å². The monoisotopic (exact) mass is 348 g/mol. The minimum Gasteiger partial charge on any atom is -0.478 e. The first kappa shape index (κ1) is 17.5. The topological polar surface area (TPSA) is 55.8 Å². The van der Waals surface area contributed by atoms with Gasteiger partial charge in [0, 0.05) is 0 Å². The summed E-state index contributed by atoms with van der Waals surface area (Å²) >= 11 is 0. The van der Waals surface area contributed by atoms with Crippen molar-refractivity contribution in [3.05, 3.63) is 48.0 Å². The summed E-state index contributed by atoms with van der Waals surface area (Å²) in [6.07, 6.45) is -4.90. The molecule has 9 heteroatoms. The molecule has 0 bridgehead atoms. The van der Waals surface area contributed by atoms with Crippen LogP contribution in [-0.4, -0.2) is 24.0 Å². The van der Waals surface area contributed by atoms with Crippen molar-refractivity contribution in [2.24, 2.45) is 0 Å². The Morgan fingerprint density at radius 3 is 2.25 bits per heavy atom. The fraction of sp³-hybridized carbons (Fsp3) is 0.133. The molecule has 0 saturated heterocycles. The summed E-state index contributed by atoms with van der Waals surface area (Å²) in [5.74, 6) is -2.36. The number of carboxylic acids is 1. The average Bonchev–Trinajstić information content (AvgIpc) is 2.44. The molecule has 0 atom stereocenters. The molecule has 0 aliphatic heterocycles. The summed E-state index contributed by atoms with van der Waals surface area (Å²) in [4.78, 5) is 11.1. The molecule has 128 valence electrons. The number of hydrogen-bond acceptors (Lipinski definition) is 3. The normalized spacial score (nSPS) is 11.4. The first-order chi connectivity index (χ1) is 11.1. The van der Waals surface area contributed by atoms with Gasteiger partial charge in [0.25, 0.3) is 0 Å². The number of carbonyl (C=O) groups is 1. The Morgan fingerprint density at radius 2 is 1.67 bits per heavy atom. The number of halogens is 5. The standard InChI is InChI=1S/C15H9F5O4/c16-14(17)23-12-6-9(4-10(7-12)13(21)22)8-2-1-3-11(5-8)24-15(18,19)20/h1-7,14H,(H,21,22). The van der Waals surface area contributed by atoms with Crippen LogP contribution in [0, 0.1) is 0 Å². The SMILES string of the molecule is O=C(O)c1cc(OC(F)F)cc(-c2cccc(OC(F)(F)F)c2)c1. The van der Waals surface area contributed by atoms with E-state index in [1.807, 2.05) is 0 Å². The van der Waals surface area contributed by atoms with Crippen LogP contribution >= 0.6 is 0 Å². The van der Waals surface area contributed by atoms with Gasteiger partial charge in [-0.15, -0.1) is 13.2 Å². The van der Waals surface area contributed by atoms with Crippen molar-refractivity contribution >= 4 is 5.97 Å². The molecule has 0 aliphatic rings. The molecule has 0 saturated carbocycles. The van der Waals surface area contributed by atoms with Gasteiger partial charge in [0.1, 0.15) is 11.5 Å². The smallest absolute Gasteiger partial charge is 0.478 e. The molecular formula is C15H9F5O4. The molecule has 4 nitrogen and oxygen atoms in total. The van der Waals surface area contributed by atoms with Crippen molar-refractivity contribution in [1.29, 1.82) is 0 Å². The van der Waals surface area contributed by atoms with Crippen molar-refractivity contribution in [2.45, 2.75) is 13.0 Å². The average molecular weight is 348 g/mol. The van der Waals surface area contributed by atoms with E-state index in [2.05, 4.69) is 9.47 Å². The maximum atomic E-state index is 12.3. The van der Waals surface area contributed by atoms with Crippen LogP contribution in [0.15, 0.2) is 42.5 Å². The fourth-order valence-electron chi connectivity index (χ4n) is 1.93. The number of rotatable bonds is 5. The molecule has 2 aromatic carbocycles. The van der Waals surface area contributed by atoms with Crippen molar-refractivity contribution in [2.75, 3.05) is 0 Å². The molecule has 0 amide bonds. The lowest BCUT2D eigenvalue weighted by Crippen LogP contribution is -2.17. The predicted molar refractivity (Wildman–Crippen MR) is 72.2 cm³/mol. The van der Waals surface area contributed by atoms with Crippen LogP contribution in [0.4, 0.5) is 22.0 Å². The van der Waals surface area contributed by atoms with E-state index >= 15 is 0 Å². The molecule has 0 aliphatic carbocycles. The zero-order chi connectivity index (χ0) is 17.9. The van der Waals surface area contributed by atoms with Gasteiger partial charge in [-0.2, -0.15) is 8.78 Å². The Hall–Kier alpha value is -2.84. The molecule has 0 aromatic heterocycles. The third kappa shape index (κ3) is 4.83. The fourth-order valence-corrected chi connectivity index (χ4v) is 1.93. The lowest BCUT2D eigenvalue weighted by Gasteiger charge is -2.12. The van der Waals surface area contributed by atoms with Crippen molar-refractivity contribution in [3.63, 3.8) is 0 Å². The third-order valence-corrected chi connectivity index (χ3v) is 2.78. The second kappa shape index (κ2) is 6.73. The third-order valence-electron chi connectivity index (χ3n) is 2.78. The molecule has 1 N–H and O–H groups in total. The Bertz CT molecular complexity index is 743. The second-order valence-electron chi connectivity index (χ2n) is 4.51. The molecule has 0 heterocycles. The van der Waals surface area contributed by atoms with Gasteiger partial charge in [-0.3, -0.25) is 0 Å².